The van der Waals surface area contributed by atoms with Gasteiger partial charge in [0.1, 0.15) is 0 Å². The summed E-state index contributed by atoms with van der Waals surface area (Å²) >= 11 is 12.2. The van der Waals surface area contributed by atoms with Gasteiger partial charge in [-0.3, -0.25) is 4.79 Å². The van der Waals surface area contributed by atoms with Gasteiger partial charge in [-0.05, 0) is 25.3 Å². The molecule has 0 heterocycles. The fourth-order valence-corrected chi connectivity index (χ4v) is 1.84. The molecule has 1 aromatic carbocycles. The largest absolute Gasteiger partial charge is 0.353 e. The van der Waals surface area contributed by atoms with Crippen molar-refractivity contribution < 1.29 is 4.79 Å². The summed E-state index contributed by atoms with van der Waals surface area (Å²) in [6, 6.07) is 7.27. The summed E-state index contributed by atoms with van der Waals surface area (Å²) < 4.78 is -1.54. The number of halogens is 2. The van der Waals surface area contributed by atoms with E-state index in [4.69, 9.17) is 23.2 Å². The Morgan fingerprint density at radius 2 is 2.00 bits per heavy atom. The Morgan fingerprint density at radius 1 is 1.39 bits per heavy atom. The molecule has 0 aliphatic heterocycles. The van der Waals surface area contributed by atoms with Gasteiger partial charge in [0.15, 0.2) is 0 Å². The highest BCUT2D eigenvalue weighted by Gasteiger charge is 2.35. The first-order valence-electron chi connectivity index (χ1n) is 5.82. The minimum absolute atomic E-state index is 0.390. The third-order valence-electron chi connectivity index (χ3n) is 2.57. The first-order chi connectivity index (χ1) is 8.48. The number of carbonyl (C=O) groups excluding carboxylic acids is 1. The van der Waals surface area contributed by atoms with Crippen molar-refractivity contribution in [2.45, 2.75) is 24.1 Å². The van der Waals surface area contributed by atoms with Crippen molar-refractivity contribution in [2.75, 3.05) is 6.54 Å². The molecule has 2 nitrogen and oxygen atoms in total. The molecule has 98 valence electrons. The highest BCUT2D eigenvalue weighted by molar-refractivity contribution is 6.57. The molecule has 0 aromatic heterocycles. The lowest BCUT2D eigenvalue weighted by atomic mass is 10.1. The summed E-state index contributed by atoms with van der Waals surface area (Å²) in [5.41, 5.74) is 1.67. The van der Waals surface area contributed by atoms with Crippen LogP contribution in [0.5, 0.6) is 0 Å². The van der Waals surface area contributed by atoms with Crippen LogP contribution in [0.4, 0.5) is 0 Å². The number of nitrogens with one attached hydrogen (secondary N) is 1. The zero-order chi connectivity index (χ0) is 13.6. The van der Waals surface area contributed by atoms with Crippen molar-refractivity contribution in [3.63, 3.8) is 0 Å². The summed E-state index contributed by atoms with van der Waals surface area (Å²) in [5.74, 6) is -0.390. The predicted molar refractivity (Wildman–Crippen MR) is 77.0 cm³/mol. The number of allylic oxidation sites excluding steroid dienone is 1. The highest BCUT2D eigenvalue weighted by atomic mass is 35.5. The van der Waals surface area contributed by atoms with Crippen LogP contribution in [-0.4, -0.2) is 12.5 Å². The van der Waals surface area contributed by atoms with Gasteiger partial charge in [-0.15, -0.1) is 6.58 Å². The smallest absolute Gasteiger partial charge is 0.261 e. The van der Waals surface area contributed by atoms with Crippen LogP contribution in [-0.2, 0) is 9.13 Å². The molecule has 0 unspecified atom stereocenters. The Labute approximate surface area is 118 Å². The number of carbonyl (C=O) groups is 1. The van der Waals surface area contributed by atoms with E-state index in [0.29, 0.717) is 12.1 Å². The van der Waals surface area contributed by atoms with Gasteiger partial charge < -0.3 is 5.32 Å². The van der Waals surface area contributed by atoms with Crippen molar-refractivity contribution in [2.24, 2.45) is 0 Å². The van der Waals surface area contributed by atoms with E-state index in [9.17, 15) is 4.79 Å². The topological polar surface area (TPSA) is 29.1 Å². The molecule has 0 fully saturated rings. The molecule has 0 spiro atoms. The second kappa shape index (κ2) is 6.81. The molecule has 0 radical (unpaired) electrons. The number of aryl methyl sites for hydroxylation is 1. The van der Waals surface area contributed by atoms with Crippen LogP contribution < -0.4 is 5.32 Å². The van der Waals surface area contributed by atoms with Crippen LogP contribution in [0, 0.1) is 6.92 Å². The maximum Gasteiger partial charge on any atom is 0.261 e. The summed E-state index contributed by atoms with van der Waals surface area (Å²) in [4.78, 5) is 11.9. The van der Waals surface area contributed by atoms with Gasteiger partial charge in [0.2, 0.25) is 4.33 Å². The van der Waals surface area contributed by atoms with Crippen molar-refractivity contribution in [3.8, 4) is 0 Å². The number of amides is 1. The number of alkyl halides is 2. The van der Waals surface area contributed by atoms with Crippen LogP contribution >= 0.6 is 23.2 Å². The molecule has 0 bridgehead atoms. The Balaban J connectivity index is 2.64. The molecular formula is C14H17Cl2NO. The van der Waals surface area contributed by atoms with Crippen molar-refractivity contribution in [1.29, 1.82) is 0 Å². The molecule has 0 saturated heterocycles. The second-order valence-corrected chi connectivity index (χ2v) is 5.45. The summed E-state index contributed by atoms with van der Waals surface area (Å²) in [6.07, 6.45) is 3.48. The van der Waals surface area contributed by atoms with E-state index >= 15 is 0 Å². The molecule has 0 aliphatic rings. The van der Waals surface area contributed by atoms with Gasteiger partial charge in [-0.1, -0.05) is 59.1 Å². The molecule has 0 aliphatic carbocycles. The van der Waals surface area contributed by atoms with Crippen molar-refractivity contribution in [1.82, 2.24) is 5.32 Å². The van der Waals surface area contributed by atoms with Gasteiger partial charge in [-0.2, -0.15) is 0 Å². The Hall–Kier alpha value is -0.990. The Morgan fingerprint density at radius 3 is 2.56 bits per heavy atom. The average molecular weight is 286 g/mol. The quantitative estimate of drug-likeness (QED) is 0.482. The van der Waals surface area contributed by atoms with Gasteiger partial charge in [0.25, 0.3) is 5.91 Å². The van der Waals surface area contributed by atoms with Crippen LogP contribution in [0.3, 0.4) is 0 Å². The maximum absolute atomic E-state index is 11.9. The first-order valence-corrected chi connectivity index (χ1v) is 6.58. The predicted octanol–water partition coefficient (Wildman–Crippen LogP) is 3.71. The molecule has 18 heavy (non-hydrogen) atoms. The maximum atomic E-state index is 11.9. The fourth-order valence-electron chi connectivity index (χ4n) is 1.45. The van der Waals surface area contributed by atoms with Crippen LogP contribution in [0.25, 0.3) is 0 Å². The van der Waals surface area contributed by atoms with Crippen LogP contribution in [0.15, 0.2) is 36.9 Å². The van der Waals surface area contributed by atoms with Crippen LogP contribution in [0.2, 0.25) is 0 Å². The number of unbranched alkanes of at least 4 members (excludes halogenated alkanes) is 1. The zero-order valence-corrected chi connectivity index (χ0v) is 11.9. The SMILES string of the molecule is C=CCCCNC(=O)C(Cl)(Cl)c1ccc(C)cc1. The Bertz CT molecular complexity index is 412. The van der Waals surface area contributed by atoms with Gasteiger partial charge in [-0.25, -0.2) is 0 Å². The number of benzene rings is 1. The highest BCUT2D eigenvalue weighted by Crippen LogP contribution is 2.34. The van der Waals surface area contributed by atoms with E-state index < -0.39 is 10.2 Å². The molecule has 4 heteroatoms. The first kappa shape index (κ1) is 15.1. The minimum atomic E-state index is -1.54. The van der Waals surface area contributed by atoms with E-state index in [0.717, 1.165) is 18.4 Å². The lowest BCUT2D eigenvalue weighted by Gasteiger charge is -2.19. The number of hydrogen-bond acceptors (Lipinski definition) is 1. The lowest BCUT2D eigenvalue weighted by molar-refractivity contribution is -0.121. The molecule has 1 amide bonds. The third-order valence-corrected chi connectivity index (χ3v) is 3.35. The van der Waals surface area contributed by atoms with E-state index in [1.165, 1.54) is 0 Å². The summed E-state index contributed by atoms with van der Waals surface area (Å²) in [7, 11) is 0. The molecule has 0 atom stereocenters. The molecular weight excluding hydrogens is 269 g/mol. The third kappa shape index (κ3) is 4.04. The molecule has 0 saturated carbocycles. The van der Waals surface area contributed by atoms with Gasteiger partial charge >= 0.3 is 0 Å². The van der Waals surface area contributed by atoms with E-state index in [-0.39, 0.29) is 0 Å². The molecule has 1 N–H and O–H groups in total. The normalized spacial score (nSPS) is 11.1. The van der Waals surface area contributed by atoms with Crippen molar-refractivity contribution >= 4 is 29.1 Å². The minimum Gasteiger partial charge on any atom is -0.353 e. The van der Waals surface area contributed by atoms with E-state index in [1.807, 2.05) is 19.1 Å². The monoisotopic (exact) mass is 285 g/mol. The molecule has 1 aromatic rings. The molecule has 1 rings (SSSR count). The van der Waals surface area contributed by atoms with Gasteiger partial charge in [0, 0.05) is 6.54 Å². The standard InChI is InChI=1S/C14H17Cl2NO/c1-3-4-5-10-17-13(18)14(15,16)12-8-6-11(2)7-9-12/h3,6-9H,1,4-5,10H2,2H3,(H,17,18). The number of rotatable bonds is 6. The Kier molecular flexibility index (Phi) is 5.70. The summed E-state index contributed by atoms with van der Waals surface area (Å²) in [5, 5.41) is 2.72. The lowest BCUT2D eigenvalue weighted by Crippen LogP contribution is -2.37. The van der Waals surface area contributed by atoms with Crippen LogP contribution in [0.1, 0.15) is 24.0 Å². The van der Waals surface area contributed by atoms with E-state index in [1.54, 1.807) is 18.2 Å². The zero-order valence-electron chi connectivity index (χ0n) is 10.4. The van der Waals surface area contributed by atoms with Crippen molar-refractivity contribution in [3.05, 3.63) is 48.0 Å². The summed E-state index contributed by atoms with van der Waals surface area (Å²) in [6.45, 7) is 6.12. The number of hydrogen-bond donors (Lipinski definition) is 1. The second-order valence-electron chi connectivity index (χ2n) is 4.13. The average Bonchev–Trinajstić information content (AvgIpc) is 2.35. The fraction of sp³-hybridized carbons (Fsp3) is 0.357. The van der Waals surface area contributed by atoms with E-state index in [2.05, 4.69) is 11.9 Å². The van der Waals surface area contributed by atoms with Gasteiger partial charge in [0.05, 0.1) is 0 Å².